The molecule has 2 aliphatic rings. The molecule has 80 valence electrons. The summed E-state index contributed by atoms with van der Waals surface area (Å²) in [4.78, 5) is 0. The van der Waals surface area contributed by atoms with Gasteiger partial charge in [-0.25, -0.2) is 0 Å². The molecule has 1 heterocycles. The van der Waals surface area contributed by atoms with Gasteiger partial charge in [-0.2, -0.15) is 0 Å². The van der Waals surface area contributed by atoms with Crippen molar-refractivity contribution in [2.75, 3.05) is 0 Å². The second kappa shape index (κ2) is 3.49. The zero-order valence-corrected chi connectivity index (χ0v) is 9.17. The van der Waals surface area contributed by atoms with Gasteiger partial charge in [0.1, 0.15) is 0 Å². The summed E-state index contributed by atoms with van der Waals surface area (Å²) in [6.07, 6.45) is 2.95. The van der Waals surface area contributed by atoms with Crippen LogP contribution in [0, 0.1) is 0 Å². The van der Waals surface area contributed by atoms with Crippen LogP contribution in [0.4, 0.5) is 13.2 Å². The maximum absolute atomic E-state index is 12.5. The molecule has 14 heavy (non-hydrogen) atoms. The number of alkyl halides is 4. The summed E-state index contributed by atoms with van der Waals surface area (Å²) in [5.74, 6) is 0. The Kier molecular flexibility index (Phi) is 2.61. The van der Waals surface area contributed by atoms with Gasteiger partial charge in [-0.05, 0) is 0 Å². The van der Waals surface area contributed by atoms with Crippen LogP contribution >= 0.6 is 20.2 Å². The molecule has 0 bridgehead atoms. The van der Waals surface area contributed by atoms with Crippen molar-refractivity contribution in [2.45, 2.75) is 23.3 Å². The quantitative estimate of drug-likeness (QED) is 0.549. The molecule has 2 rings (SSSR count). The molecule has 0 aromatic heterocycles. The summed E-state index contributed by atoms with van der Waals surface area (Å²) in [6.45, 7) is 0. The summed E-state index contributed by atoms with van der Waals surface area (Å²) < 4.78 is 38.1. The zero-order valence-electron chi connectivity index (χ0n) is 7.01. The molecular weight excluding hydrogens is 312 g/mol. The topological polar surface area (TPSA) is 29.5 Å². The Labute approximate surface area is 86.4 Å². The fraction of sp³-hybridized carbons (Fsp3) is 0.500. The fourth-order valence-electron chi connectivity index (χ4n) is 1.42. The van der Waals surface area contributed by atoms with E-state index in [-0.39, 0.29) is 0 Å². The van der Waals surface area contributed by atoms with Crippen LogP contribution < -0.4 is 0 Å². The monoisotopic (exact) mass is 320 g/mol. The fourth-order valence-corrected chi connectivity index (χ4v) is 5.32. The number of allylic oxidation sites excluding steroid dienone is 2. The van der Waals surface area contributed by atoms with Crippen LogP contribution in [0.1, 0.15) is 12.8 Å². The maximum atomic E-state index is 12.5. The SMILES string of the molecule is OC1OI(C(F)(F)F)C2=C1C=CCC2. The second-order valence-electron chi connectivity index (χ2n) is 2.92. The predicted octanol–water partition coefficient (Wildman–Crippen LogP) is 2.88. The third-order valence-electron chi connectivity index (χ3n) is 1.98. The molecule has 1 atom stereocenters. The minimum atomic E-state index is -4.27. The molecule has 0 amide bonds. The number of aliphatic hydroxyl groups is 1. The molecule has 1 aliphatic carbocycles. The predicted molar refractivity (Wildman–Crippen MR) is 52.6 cm³/mol. The van der Waals surface area contributed by atoms with Gasteiger partial charge in [-0.1, -0.05) is 0 Å². The molecule has 1 N–H and O–H groups in total. The molecule has 0 aromatic carbocycles. The summed E-state index contributed by atoms with van der Waals surface area (Å²) in [6, 6.07) is 0. The van der Waals surface area contributed by atoms with Crippen LogP contribution in [0.25, 0.3) is 0 Å². The molecule has 6 heteroatoms. The van der Waals surface area contributed by atoms with Gasteiger partial charge >= 0.3 is 86.2 Å². The van der Waals surface area contributed by atoms with Crippen molar-refractivity contribution in [3.05, 3.63) is 21.3 Å². The van der Waals surface area contributed by atoms with Crippen LogP contribution in [-0.4, -0.2) is 15.6 Å². The first-order chi connectivity index (χ1) is 6.50. The third-order valence-corrected chi connectivity index (χ3v) is 6.43. The average Bonchev–Trinajstić information content (AvgIpc) is 2.44. The van der Waals surface area contributed by atoms with Gasteiger partial charge in [0.15, 0.2) is 0 Å². The van der Waals surface area contributed by atoms with Crippen LogP contribution in [0.3, 0.4) is 0 Å². The Morgan fingerprint density at radius 3 is 2.86 bits per heavy atom. The molecule has 1 unspecified atom stereocenters. The Balaban J connectivity index is 2.33. The van der Waals surface area contributed by atoms with Gasteiger partial charge in [0.2, 0.25) is 0 Å². The first-order valence-electron chi connectivity index (χ1n) is 4.02. The van der Waals surface area contributed by atoms with Crippen molar-refractivity contribution in [1.82, 2.24) is 0 Å². The Hall–Kier alpha value is -0.0800. The summed E-state index contributed by atoms with van der Waals surface area (Å²) in [5.41, 5.74) is 0.346. The van der Waals surface area contributed by atoms with Crippen LogP contribution in [-0.2, 0) is 3.07 Å². The molecule has 0 aromatic rings. The Morgan fingerprint density at radius 2 is 2.21 bits per heavy atom. The van der Waals surface area contributed by atoms with Crippen LogP contribution in [0.15, 0.2) is 21.3 Å². The molecule has 0 saturated carbocycles. The second-order valence-corrected chi connectivity index (χ2v) is 7.37. The number of hydrogen-bond acceptors (Lipinski definition) is 2. The van der Waals surface area contributed by atoms with E-state index < -0.39 is 30.7 Å². The molecule has 1 aliphatic heterocycles. The van der Waals surface area contributed by atoms with E-state index >= 15 is 0 Å². The van der Waals surface area contributed by atoms with Gasteiger partial charge in [-0.15, -0.1) is 0 Å². The number of rotatable bonds is 0. The standard InChI is InChI=1S/C8H8F3IO2/c9-8(10,11)12-6-4-2-1-3-5(6)7(13)14-12/h1,3,7,13H,2,4H2. The summed E-state index contributed by atoms with van der Waals surface area (Å²) in [7, 11) is 0. The Morgan fingerprint density at radius 1 is 1.50 bits per heavy atom. The van der Waals surface area contributed by atoms with Gasteiger partial charge in [0.25, 0.3) is 0 Å². The van der Waals surface area contributed by atoms with Crippen molar-refractivity contribution in [3.8, 4) is 0 Å². The normalized spacial score (nSPS) is 29.7. The van der Waals surface area contributed by atoms with Crippen molar-refractivity contribution < 1.29 is 21.3 Å². The van der Waals surface area contributed by atoms with Crippen molar-refractivity contribution in [1.29, 1.82) is 0 Å². The van der Waals surface area contributed by atoms with Gasteiger partial charge in [0.05, 0.1) is 0 Å². The third kappa shape index (κ3) is 1.70. The van der Waals surface area contributed by atoms with Crippen LogP contribution in [0.2, 0.25) is 0 Å². The first kappa shape index (κ1) is 10.4. The van der Waals surface area contributed by atoms with E-state index in [2.05, 4.69) is 3.07 Å². The van der Waals surface area contributed by atoms with Crippen molar-refractivity contribution in [3.63, 3.8) is 0 Å². The van der Waals surface area contributed by atoms with E-state index in [0.717, 1.165) is 0 Å². The van der Waals surface area contributed by atoms with E-state index in [1.807, 2.05) is 0 Å². The van der Waals surface area contributed by atoms with Gasteiger partial charge in [-0.3, -0.25) is 0 Å². The zero-order chi connectivity index (χ0) is 10.3. The Bertz CT molecular complexity index is 308. The molecule has 2 nitrogen and oxygen atoms in total. The van der Waals surface area contributed by atoms with Crippen LogP contribution in [0.5, 0.6) is 0 Å². The molecule has 0 radical (unpaired) electrons. The van der Waals surface area contributed by atoms with Gasteiger partial charge in [0, 0.05) is 0 Å². The van der Waals surface area contributed by atoms with Crippen molar-refractivity contribution in [2.24, 2.45) is 0 Å². The molecule has 0 saturated heterocycles. The molecule has 0 spiro atoms. The van der Waals surface area contributed by atoms with E-state index in [9.17, 15) is 18.3 Å². The van der Waals surface area contributed by atoms with Gasteiger partial charge < -0.3 is 0 Å². The molecular formula is C8H8F3IO2. The van der Waals surface area contributed by atoms with E-state index in [0.29, 0.717) is 22.0 Å². The van der Waals surface area contributed by atoms with Crippen molar-refractivity contribution >= 4 is 20.2 Å². The number of halogens is 4. The summed E-state index contributed by atoms with van der Waals surface area (Å²) in [5, 5.41) is 9.27. The number of aliphatic hydroxyl groups excluding tert-OH is 1. The average molecular weight is 320 g/mol. The minimum absolute atomic E-state index is 0.330. The number of hydrogen-bond donors (Lipinski definition) is 1. The first-order valence-corrected chi connectivity index (χ1v) is 7.05. The molecule has 0 fully saturated rings. The van der Waals surface area contributed by atoms with E-state index in [1.54, 1.807) is 12.2 Å². The van der Waals surface area contributed by atoms with E-state index in [1.165, 1.54) is 0 Å². The van der Waals surface area contributed by atoms with E-state index in [4.69, 9.17) is 0 Å². The summed E-state index contributed by atoms with van der Waals surface area (Å²) >= 11 is -3.58.